The van der Waals surface area contributed by atoms with Gasteiger partial charge in [0.25, 0.3) is 0 Å². The Labute approximate surface area is 94.8 Å². The van der Waals surface area contributed by atoms with Crippen LogP contribution in [0.15, 0.2) is 18.3 Å². The molecule has 0 bridgehead atoms. The maximum atomic E-state index is 11.8. The Kier molecular flexibility index (Phi) is 3.51. The molecular formula is C12H16N2O2. The number of ether oxygens (including phenoxy) is 1. The molecule has 1 aliphatic rings. The van der Waals surface area contributed by atoms with Crippen molar-refractivity contribution >= 4 is 11.5 Å². The predicted molar refractivity (Wildman–Crippen MR) is 61.2 cm³/mol. The average molecular weight is 220 g/mol. The molecule has 0 radical (unpaired) electrons. The van der Waals surface area contributed by atoms with E-state index < -0.39 is 0 Å². The van der Waals surface area contributed by atoms with Crippen molar-refractivity contribution in [1.29, 1.82) is 0 Å². The van der Waals surface area contributed by atoms with Gasteiger partial charge in [-0.05, 0) is 31.4 Å². The van der Waals surface area contributed by atoms with Crippen molar-refractivity contribution in [2.24, 2.45) is 0 Å². The maximum Gasteiger partial charge on any atom is 0.183 e. The van der Waals surface area contributed by atoms with Crippen LogP contribution in [0.25, 0.3) is 0 Å². The molecule has 1 fully saturated rings. The highest BCUT2D eigenvalue weighted by Gasteiger charge is 2.18. The molecular weight excluding hydrogens is 204 g/mol. The largest absolute Gasteiger partial charge is 0.397 e. The lowest BCUT2D eigenvalue weighted by Crippen LogP contribution is -2.11. The topological polar surface area (TPSA) is 65.2 Å². The van der Waals surface area contributed by atoms with E-state index in [1.165, 1.54) is 0 Å². The van der Waals surface area contributed by atoms with Gasteiger partial charge >= 0.3 is 0 Å². The number of Topliss-reactive ketones (excluding diaryl/α,β-unsaturated/α-hetero) is 1. The summed E-state index contributed by atoms with van der Waals surface area (Å²) in [7, 11) is 0. The summed E-state index contributed by atoms with van der Waals surface area (Å²) < 4.78 is 5.47. The highest BCUT2D eigenvalue weighted by Crippen LogP contribution is 2.19. The zero-order valence-corrected chi connectivity index (χ0v) is 9.19. The maximum absolute atomic E-state index is 11.8. The van der Waals surface area contributed by atoms with E-state index in [1.807, 2.05) is 0 Å². The summed E-state index contributed by atoms with van der Waals surface area (Å²) in [6.45, 7) is 0.824. The van der Waals surface area contributed by atoms with Crippen LogP contribution >= 0.6 is 0 Å². The first-order valence-electron chi connectivity index (χ1n) is 5.62. The minimum Gasteiger partial charge on any atom is -0.397 e. The van der Waals surface area contributed by atoms with Gasteiger partial charge in [0.2, 0.25) is 0 Å². The number of pyridine rings is 1. The van der Waals surface area contributed by atoms with Crippen LogP contribution in [0.2, 0.25) is 0 Å². The Morgan fingerprint density at radius 3 is 3.19 bits per heavy atom. The standard InChI is InChI=1S/C12H16N2O2/c13-10-4-1-7-14-12(10)11(15)6-5-9-3-2-8-16-9/h1,4,7,9H,2-3,5-6,8,13H2. The van der Waals surface area contributed by atoms with Gasteiger partial charge in [-0.15, -0.1) is 0 Å². The van der Waals surface area contributed by atoms with E-state index in [-0.39, 0.29) is 11.9 Å². The Bertz CT molecular complexity index is 373. The first-order chi connectivity index (χ1) is 7.77. The number of carbonyl (C=O) groups is 1. The molecule has 0 amide bonds. The molecule has 0 aliphatic carbocycles. The van der Waals surface area contributed by atoms with Crippen molar-refractivity contribution < 1.29 is 9.53 Å². The molecule has 4 heteroatoms. The Hall–Kier alpha value is -1.42. The van der Waals surface area contributed by atoms with E-state index in [0.29, 0.717) is 17.8 Å². The minimum absolute atomic E-state index is 0.00796. The minimum atomic E-state index is 0.00796. The smallest absolute Gasteiger partial charge is 0.183 e. The van der Waals surface area contributed by atoms with Gasteiger partial charge in [-0.1, -0.05) is 0 Å². The molecule has 16 heavy (non-hydrogen) atoms. The van der Waals surface area contributed by atoms with Crippen LogP contribution in [-0.4, -0.2) is 23.5 Å². The number of rotatable bonds is 4. The van der Waals surface area contributed by atoms with Gasteiger partial charge in [-0.3, -0.25) is 9.78 Å². The van der Waals surface area contributed by atoms with Crippen LogP contribution in [-0.2, 0) is 4.74 Å². The van der Waals surface area contributed by atoms with Crippen molar-refractivity contribution in [1.82, 2.24) is 4.98 Å². The Balaban J connectivity index is 1.90. The second-order valence-corrected chi connectivity index (χ2v) is 4.04. The Morgan fingerprint density at radius 2 is 2.50 bits per heavy atom. The number of nitrogen functional groups attached to an aromatic ring is 1. The van der Waals surface area contributed by atoms with Gasteiger partial charge < -0.3 is 10.5 Å². The fourth-order valence-electron chi connectivity index (χ4n) is 1.93. The quantitative estimate of drug-likeness (QED) is 0.786. The van der Waals surface area contributed by atoms with Crippen LogP contribution in [0.1, 0.15) is 36.2 Å². The second kappa shape index (κ2) is 5.07. The summed E-state index contributed by atoms with van der Waals surface area (Å²) >= 11 is 0. The predicted octanol–water partition coefficient (Wildman–Crippen LogP) is 1.81. The molecule has 0 saturated carbocycles. The molecule has 1 aromatic heterocycles. The lowest BCUT2D eigenvalue weighted by atomic mass is 10.1. The van der Waals surface area contributed by atoms with E-state index in [2.05, 4.69) is 4.98 Å². The van der Waals surface area contributed by atoms with E-state index in [4.69, 9.17) is 10.5 Å². The molecule has 2 N–H and O–H groups in total. The molecule has 1 atom stereocenters. The fourth-order valence-corrected chi connectivity index (χ4v) is 1.93. The molecule has 1 aromatic rings. The fraction of sp³-hybridized carbons (Fsp3) is 0.500. The van der Waals surface area contributed by atoms with Crippen molar-refractivity contribution in [2.45, 2.75) is 31.8 Å². The lowest BCUT2D eigenvalue weighted by Gasteiger charge is -2.08. The van der Waals surface area contributed by atoms with Crippen molar-refractivity contribution in [2.75, 3.05) is 12.3 Å². The first kappa shape index (κ1) is 11.1. The summed E-state index contributed by atoms with van der Waals surface area (Å²) in [5.41, 5.74) is 6.54. The van der Waals surface area contributed by atoms with E-state index in [1.54, 1.807) is 18.3 Å². The highest BCUT2D eigenvalue weighted by molar-refractivity contribution is 5.98. The molecule has 2 rings (SSSR count). The number of anilines is 1. The van der Waals surface area contributed by atoms with Crippen molar-refractivity contribution in [3.63, 3.8) is 0 Å². The number of aromatic nitrogens is 1. The summed E-state index contributed by atoms with van der Waals surface area (Å²) in [6, 6.07) is 3.43. The first-order valence-corrected chi connectivity index (χ1v) is 5.62. The van der Waals surface area contributed by atoms with Crippen LogP contribution in [0.3, 0.4) is 0 Å². The number of nitrogens with two attached hydrogens (primary N) is 1. The number of hydrogen-bond acceptors (Lipinski definition) is 4. The van der Waals surface area contributed by atoms with Crippen LogP contribution < -0.4 is 5.73 Å². The van der Waals surface area contributed by atoms with E-state index in [9.17, 15) is 4.79 Å². The zero-order chi connectivity index (χ0) is 11.4. The van der Waals surface area contributed by atoms with E-state index in [0.717, 1.165) is 25.9 Å². The number of hydrogen-bond donors (Lipinski definition) is 1. The number of nitrogens with zero attached hydrogens (tertiary/aromatic N) is 1. The van der Waals surface area contributed by atoms with Gasteiger partial charge in [0.1, 0.15) is 5.69 Å². The van der Waals surface area contributed by atoms with Gasteiger partial charge in [0.05, 0.1) is 11.8 Å². The molecule has 1 unspecified atom stereocenters. The van der Waals surface area contributed by atoms with Crippen LogP contribution in [0.4, 0.5) is 5.69 Å². The molecule has 86 valence electrons. The van der Waals surface area contributed by atoms with Crippen molar-refractivity contribution in [3.05, 3.63) is 24.0 Å². The molecule has 1 saturated heterocycles. The second-order valence-electron chi connectivity index (χ2n) is 4.04. The summed E-state index contributed by atoms with van der Waals surface area (Å²) in [4.78, 5) is 15.8. The molecule has 0 spiro atoms. The normalized spacial score (nSPS) is 19.9. The Morgan fingerprint density at radius 1 is 1.62 bits per heavy atom. The summed E-state index contributed by atoms with van der Waals surface area (Å²) in [5, 5.41) is 0. The molecule has 0 aromatic carbocycles. The van der Waals surface area contributed by atoms with Gasteiger partial charge in [-0.25, -0.2) is 0 Å². The third-order valence-electron chi connectivity index (χ3n) is 2.82. The third-order valence-corrected chi connectivity index (χ3v) is 2.82. The average Bonchev–Trinajstić information content (AvgIpc) is 2.79. The zero-order valence-electron chi connectivity index (χ0n) is 9.19. The summed E-state index contributed by atoms with van der Waals surface area (Å²) in [6.07, 6.45) is 5.24. The number of ketones is 1. The van der Waals surface area contributed by atoms with Gasteiger partial charge in [0, 0.05) is 19.2 Å². The third kappa shape index (κ3) is 2.58. The summed E-state index contributed by atoms with van der Waals surface area (Å²) in [5.74, 6) is 0.00796. The SMILES string of the molecule is Nc1cccnc1C(=O)CCC1CCCO1. The van der Waals surface area contributed by atoms with Crippen molar-refractivity contribution in [3.8, 4) is 0 Å². The van der Waals surface area contributed by atoms with E-state index >= 15 is 0 Å². The van der Waals surface area contributed by atoms with Gasteiger partial charge in [-0.2, -0.15) is 0 Å². The molecule has 2 heterocycles. The highest BCUT2D eigenvalue weighted by atomic mass is 16.5. The number of carbonyl (C=O) groups excluding carboxylic acids is 1. The monoisotopic (exact) mass is 220 g/mol. The van der Waals surface area contributed by atoms with Crippen LogP contribution in [0.5, 0.6) is 0 Å². The molecule has 1 aliphatic heterocycles. The van der Waals surface area contributed by atoms with Crippen LogP contribution in [0, 0.1) is 0 Å². The molecule has 4 nitrogen and oxygen atoms in total. The lowest BCUT2D eigenvalue weighted by molar-refractivity contribution is 0.0856. The van der Waals surface area contributed by atoms with Gasteiger partial charge in [0.15, 0.2) is 5.78 Å².